The lowest BCUT2D eigenvalue weighted by Crippen LogP contribution is -1.91. The minimum Gasteiger partial charge on any atom is -0.497 e. The van der Waals surface area contributed by atoms with E-state index in [0.717, 1.165) is 6.20 Å². The molecule has 0 radical (unpaired) electrons. The first-order valence-corrected chi connectivity index (χ1v) is 6.87. The Morgan fingerprint density at radius 3 is 2.82 bits per heavy atom. The summed E-state index contributed by atoms with van der Waals surface area (Å²) >= 11 is 0. The first-order chi connectivity index (χ1) is 8.02. The molecule has 2 rings (SSSR count). The van der Waals surface area contributed by atoms with Gasteiger partial charge >= 0.3 is 0 Å². The molecule has 0 spiro atoms. The first-order valence-electron chi connectivity index (χ1n) is 4.56. The maximum Gasteiger partial charge on any atom is 0.266 e. The molecule has 0 aliphatic heterocycles. The Kier molecular flexibility index (Phi) is 3.08. The summed E-state index contributed by atoms with van der Waals surface area (Å²) in [6, 6.07) is 6.75. The van der Waals surface area contributed by atoms with Gasteiger partial charge in [0.05, 0.1) is 13.3 Å². The SMILES string of the molecule is COc1cccc(-c2oncc2S(=O)(=O)Cl)c1. The van der Waals surface area contributed by atoms with Crippen LogP contribution >= 0.6 is 10.7 Å². The molecule has 0 aliphatic carbocycles. The average molecular weight is 274 g/mol. The Morgan fingerprint density at radius 2 is 2.18 bits per heavy atom. The zero-order valence-electron chi connectivity index (χ0n) is 8.75. The molecule has 0 unspecified atom stereocenters. The van der Waals surface area contributed by atoms with Gasteiger partial charge in [0, 0.05) is 16.2 Å². The average Bonchev–Trinajstić information content (AvgIpc) is 2.77. The molecule has 5 nitrogen and oxygen atoms in total. The number of ether oxygens (including phenoxy) is 1. The van der Waals surface area contributed by atoms with E-state index in [2.05, 4.69) is 5.16 Å². The third-order valence-corrected chi connectivity index (χ3v) is 3.45. The number of benzene rings is 1. The predicted octanol–water partition coefficient (Wildman–Crippen LogP) is 2.28. The highest BCUT2D eigenvalue weighted by molar-refractivity contribution is 8.13. The van der Waals surface area contributed by atoms with Gasteiger partial charge in [0.2, 0.25) is 0 Å². The van der Waals surface area contributed by atoms with E-state index in [4.69, 9.17) is 19.9 Å². The second-order valence-corrected chi connectivity index (χ2v) is 5.72. The highest BCUT2D eigenvalue weighted by Gasteiger charge is 2.21. The van der Waals surface area contributed by atoms with Crippen LogP contribution in [0.3, 0.4) is 0 Å². The van der Waals surface area contributed by atoms with Gasteiger partial charge in [0.15, 0.2) is 5.76 Å². The molecule has 0 saturated heterocycles. The van der Waals surface area contributed by atoms with Crippen molar-refractivity contribution < 1.29 is 17.7 Å². The maximum absolute atomic E-state index is 11.3. The van der Waals surface area contributed by atoms with E-state index in [1.165, 1.54) is 7.11 Å². The van der Waals surface area contributed by atoms with Crippen molar-refractivity contribution in [1.29, 1.82) is 0 Å². The quantitative estimate of drug-likeness (QED) is 0.803. The van der Waals surface area contributed by atoms with E-state index < -0.39 is 9.05 Å². The van der Waals surface area contributed by atoms with E-state index in [-0.39, 0.29) is 10.7 Å². The fourth-order valence-corrected chi connectivity index (χ4v) is 2.24. The highest BCUT2D eigenvalue weighted by atomic mass is 35.7. The van der Waals surface area contributed by atoms with Crippen LogP contribution in [0.5, 0.6) is 5.75 Å². The molecule has 0 aliphatic rings. The van der Waals surface area contributed by atoms with Gasteiger partial charge in [-0.3, -0.25) is 0 Å². The van der Waals surface area contributed by atoms with Gasteiger partial charge in [-0.1, -0.05) is 17.3 Å². The molecule has 0 amide bonds. The second kappa shape index (κ2) is 4.38. The number of aromatic nitrogens is 1. The topological polar surface area (TPSA) is 69.4 Å². The van der Waals surface area contributed by atoms with Crippen molar-refractivity contribution in [3.8, 4) is 17.1 Å². The smallest absolute Gasteiger partial charge is 0.266 e. The van der Waals surface area contributed by atoms with Crippen molar-refractivity contribution in [3.63, 3.8) is 0 Å². The summed E-state index contributed by atoms with van der Waals surface area (Å²) in [4.78, 5) is -0.160. The summed E-state index contributed by atoms with van der Waals surface area (Å²) in [5.41, 5.74) is 0.529. The molecule has 7 heteroatoms. The number of rotatable bonds is 3. The minimum absolute atomic E-state index is 0.0962. The normalized spacial score (nSPS) is 11.4. The number of methoxy groups -OCH3 is 1. The van der Waals surface area contributed by atoms with Gasteiger partial charge in [-0.05, 0) is 12.1 Å². The molecular formula is C10H8ClNO4S. The van der Waals surface area contributed by atoms with Crippen LogP contribution in [-0.2, 0) is 9.05 Å². The Morgan fingerprint density at radius 1 is 1.41 bits per heavy atom. The summed E-state index contributed by atoms with van der Waals surface area (Å²) in [6.07, 6.45) is 1.07. The van der Waals surface area contributed by atoms with E-state index in [0.29, 0.717) is 11.3 Å². The van der Waals surface area contributed by atoms with Gasteiger partial charge in [-0.25, -0.2) is 8.42 Å². The van der Waals surface area contributed by atoms with Gasteiger partial charge in [-0.2, -0.15) is 0 Å². The lowest BCUT2D eigenvalue weighted by molar-refractivity contribution is 0.413. The Labute approximate surface area is 102 Å². The van der Waals surface area contributed by atoms with Crippen LogP contribution in [0.4, 0.5) is 0 Å². The van der Waals surface area contributed by atoms with Crippen LogP contribution in [0, 0.1) is 0 Å². The van der Waals surface area contributed by atoms with Crippen LogP contribution in [0.25, 0.3) is 11.3 Å². The van der Waals surface area contributed by atoms with E-state index in [1.54, 1.807) is 24.3 Å². The lowest BCUT2D eigenvalue weighted by Gasteiger charge is -2.02. The lowest BCUT2D eigenvalue weighted by atomic mass is 10.1. The molecule has 90 valence electrons. The summed E-state index contributed by atoms with van der Waals surface area (Å²) in [6.45, 7) is 0. The number of hydrogen-bond donors (Lipinski definition) is 0. The third-order valence-electron chi connectivity index (χ3n) is 2.13. The van der Waals surface area contributed by atoms with E-state index >= 15 is 0 Å². The van der Waals surface area contributed by atoms with Crippen molar-refractivity contribution in [2.24, 2.45) is 0 Å². The first kappa shape index (κ1) is 11.9. The van der Waals surface area contributed by atoms with Crippen LogP contribution in [0.1, 0.15) is 0 Å². The minimum atomic E-state index is -3.88. The van der Waals surface area contributed by atoms with Crippen molar-refractivity contribution >= 4 is 19.7 Å². The molecule has 1 aromatic carbocycles. The molecular weight excluding hydrogens is 266 g/mol. The Balaban J connectivity index is 2.57. The third kappa shape index (κ3) is 2.42. The highest BCUT2D eigenvalue weighted by Crippen LogP contribution is 2.31. The molecule has 17 heavy (non-hydrogen) atoms. The zero-order chi connectivity index (χ0) is 12.5. The maximum atomic E-state index is 11.3. The van der Waals surface area contributed by atoms with E-state index in [9.17, 15) is 8.42 Å². The molecule has 2 aromatic rings. The van der Waals surface area contributed by atoms with Crippen molar-refractivity contribution in [2.75, 3.05) is 7.11 Å². The summed E-state index contributed by atoms with van der Waals surface area (Å²) < 4.78 is 32.5. The van der Waals surface area contributed by atoms with Gasteiger partial charge in [0.1, 0.15) is 10.6 Å². The largest absolute Gasteiger partial charge is 0.497 e. The molecule has 0 bridgehead atoms. The number of nitrogens with zero attached hydrogens (tertiary/aromatic N) is 1. The molecule has 0 fully saturated rings. The molecule has 1 heterocycles. The predicted molar refractivity (Wildman–Crippen MR) is 61.5 cm³/mol. The number of hydrogen-bond acceptors (Lipinski definition) is 5. The van der Waals surface area contributed by atoms with Crippen molar-refractivity contribution in [3.05, 3.63) is 30.5 Å². The standard InChI is InChI=1S/C10H8ClNO4S/c1-15-8-4-2-3-7(5-8)10-9(6-12-16-10)17(11,13)14/h2-6H,1H3. The van der Waals surface area contributed by atoms with Crippen LogP contribution in [0.2, 0.25) is 0 Å². The summed E-state index contributed by atoms with van der Waals surface area (Å²) in [5.74, 6) is 0.677. The van der Waals surface area contributed by atoms with Gasteiger partial charge in [0.25, 0.3) is 9.05 Å². The molecule has 0 N–H and O–H groups in total. The van der Waals surface area contributed by atoms with Crippen molar-refractivity contribution in [2.45, 2.75) is 4.90 Å². The second-order valence-electron chi connectivity index (χ2n) is 3.19. The number of halogens is 1. The van der Waals surface area contributed by atoms with Crippen molar-refractivity contribution in [1.82, 2.24) is 5.16 Å². The summed E-state index contributed by atoms with van der Waals surface area (Å²) in [5, 5.41) is 3.44. The zero-order valence-corrected chi connectivity index (χ0v) is 10.3. The van der Waals surface area contributed by atoms with Crippen LogP contribution in [-0.4, -0.2) is 20.7 Å². The molecule has 0 atom stereocenters. The summed E-state index contributed by atoms with van der Waals surface area (Å²) in [7, 11) is 2.90. The monoisotopic (exact) mass is 273 g/mol. The Hall–Kier alpha value is -1.53. The molecule has 1 aromatic heterocycles. The van der Waals surface area contributed by atoms with Crippen LogP contribution in [0.15, 0.2) is 39.9 Å². The fourth-order valence-electron chi connectivity index (χ4n) is 1.36. The van der Waals surface area contributed by atoms with Crippen LogP contribution < -0.4 is 4.74 Å². The van der Waals surface area contributed by atoms with Gasteiger partial charge in [-0.15, -0.1) is 0 Å². The van der Waals surface area contributed by atoms with Gasteiger partial charge < -0.3 is 9.26 Å². The Bertz CT molecular complexity index is 635. The fraction of sp³-hybridized carbons (Fsp3) is 0.100. The molecule has 0 saturated carbocycles. The van der Waals surface area contributed by atoms with E-state index in [1.807, 2.05) is 0 Å².